The molecule has 2 N–H and O–H groups in total. The van der Waals surface area contributed by atoms with Crippen molar-refractivity contribution in [3.63, 3.8) is 0 Å². The highest BCUT2D eigenvalue weighted by molar-refractivity contribution is 7.80. The molecule has 1 rings (SSSR count). The van der Waals surface area contributed by atoms with Crippen LogP contribution in [-0.4, -0.2) is 29.4 Å². The van der Waals surface area contributed by atoms with Crippen molar-refractivity contribution in [2.75, 3.05) is 13.6 Å². The molecule has 0 aromatic rings. The molecule has 0 radical (unpaired) electrons. The normalized spacial score (nSPS) is 17.1. The fourth-order valence-electron chi connectivity index (χ4n) is 2.20. The molecule has 1 amide bonds. The Bertz CT molecular complexity index is 249. The van der Waals surface area contributed by atoms with E-state index in [-0.39, 0.29) is 5.91 Å². The summed E-state index contributed by atoms with van der Waals surface area (Å²) >= 11 is 4.80. The zero-order chi connectivity index (χ0) is 12.0. The van der Waals surface area contributed by atoms with E-state index >= 15 is 0 Å². The minimum atomic E-state index is 0.239. The highest BCUT2D eigenvalue weighted by atomic mass is 32.1. The lowest BCUT2D eigenvalue weighted by atomic mass is 9.87. The molecule has 1 fully saturated rings. The quantitative estimate of drug-likeness (QED) is 0.751. The van der Waals surface area contributed by atoms with Crippen molar-refractivity contribution in [3.05, 3.63) is 0 Å². The molecule has 1 aliphatic carbocycles. The Kier molecular flexibility index (Phi) is 5.74. The van der Waals surface area contributed by atoms with E-state index in [9.17, 15) is 4.79 Å². The molecule has 3 nitrogen and oxygen atoms in total. The van der Waals surface area contributed by atoms with Gasteiger partial charge in [0.15, 0.2) is 0 Å². The van der Waals surface area contributed by atoms with Crippen molar-refractivity contribution in [2.24, 2.45) is 11.7 Å². The van der Waals surface area contributed by atoms with Crippen LogP contribution >= 0.6 is 12.2 Å². The molecule has 4 heteroatoms. The molecule has 1 aliphatic rings. The highest BCUT2D eigenvalue weighted by Crippen LogP contribution is 2.26. The van der Waals surface area contributed by atoms with Crippen LogP contribution < -0.4 is 5.73 Å². The summed E-state index contributed by atoms with van der Waals surface area (Å²) < 4.78 is 0. The Morgan fingerprint density at radius 1 is 1.38 bits per heavy atom. The second kappa shape index (κ2) is 6.84. The van der Waals surface area contributed by atoms with Crippen LogP contribution in [0.1, 0.15) is 44.9 Å². The van der Waals surface area contributed by atoms with Crippen LogP contribution in [0.4, 0.5) is 0 Å². The molecule has 0 saturated heterocycles. The zero-order valence-corrected chi connectivity index (χ0v) is 10.9. The third-order valence-corrected chi connectivity index (χ3v) is 3.51. The molecule has 0 aliphatic heterocycles. The first-order valence-corrected chi connectivity index (χ1v) is 6.52. The van der Waals surface area contributed by atoms with Gasteiger partial charge in [0.2, 0.25) is 5.91 Å². The number of nitrogens with zero attached hydrogens (tertiary/aromatic N) is 1. The van der Waals surface area contributed by atoms with Gasteiger partial charge in [0, 0.05) is 26.4 Å². The molecular weight excluding hydrogens is 220 g/mol. The monoisotopic (exact) mass is 242 g/mol. The van der Waals surface area contributed by atoms with E-state index < -0.39 is 0 Å². The van der Waals surface area contributed by atoms with Crippen LogP contribution in [-0.2, 0) is 4.79 Å². The average Bonchev–Trinajstić information content (AvgIpc) is 2.27. The number of nitrogens with two attached hydrogens (primary N) is 1. The maximum Gasteiger partial charge on any atom is 0.222 e. The van der Waals surface area contributed by atoms with Gasteiger partial charge in [0.05, 0.1) is 4.99 Å². The summed E-state index contributed by atoms with van der Waals surface area (Å²) in [5.74, 6) is 0.844. The van der Waals surface area contributed by atoms with E-state index in [4.69, 9.17) is 18.0 Å². The van der Waals surface area contributed by atoms with Crippen LogP contribution in [0, 0.1) is 5.92 Å². The van der Waals surface area contributed by atoms with Gasteiger partial charge in [-0.25, -0.2) is 0 Å². The van der Waals surface area contributed by atoms with Crippen molar-refractivity contribution in [3.8, 4) is 0 Å². The van der Waals surface area contributed by atoms with Gasteiger partial charge in [-0.15, -0.1) is 0 Å². The minimum Gasteiger partial charge on any atom is -0.393 e. The fourth-order valence-corrected chi connectivity index (χ4v) is 2.29. The van der Waals surface area contributed by atoms with Gasteiger partial charge in [0.25, 0.3) is 0 Å². The molecule has 0 spiro atoms. The van der Waals surface area contributed by atoms with E-state index in [1.165, 1.54) is 32.1 Å². The summed E-state index contributed by atoms with van der Waals surface area (Å²) in [5.41, 5.74) is 5.42. The van der Waals surface area contributed by atoms with Crippen LogP contribution in [0.25, 0.3) is 0 Å². The van der Waals surface area contributed by atoms with Gasteiger partial charge in [0.1, 0.15) is 0 Å². The summed E-state index contributed by atoms with van der Waals surface area (Å²) in [6.45, 7) is 0.654. The van der Waals surface area contributed by atoms with E-state index in [0.717, 1.165) is 0 Å². The fraction of sp³-hybridized carbons (Fsp3) is 0.833. The number of thiocarbonyl (C=S) groups is 1. The average molecular weight is 242 g/mol. The summed E-state index contributed by atoms with van der Waals surface area (Å²) in [5, 5.41) is 0. The smallest absolute Gasteiger partial charge is 0.222 e. The van der Waals surface area contributed by atoms with Crippen molar-refractivity contribution in [1.29, 1.82) is 0 Å². The lowest BCUT2D eigenvalue weighted by Gasteiger charge is -2.24. The van der Waals surface area contributed by atoms with E-state index in [1.807, 2.05) is 7.05 Å². The molecule has 16 heavy (non-hydrogen) atoms. The van der Waals surface area contributed by atoms with Gasteiger partial charge in [-0.1, -0.05) is 31.5 Å². The van der Waals surface area contributed by atoms with Gasteiger partial charge >= 0.3 is 0 Å². The molecule has 0 bridgehead atoms. The Balaban J connectivity index is 2.24. The predicted octanol–water partition coefficient (Wildman–Crippen LogP) is 2.09. The lowest BCUT2D eigenvalue weighted by Crippen LogP contribution is -2.31. The molecule has 1 saturated carbocycles. The first-order valence-electron chi connectivity index (χ1n) is 6.12. The van der Waals surface area contributed by atoms with Crippen LogP contribution in [0.15, 0.2) is 0 Å². The van der Waals surface area contributed by atoms with Gasteiger partial charge < -0.3 is 10.6 Å². The molecule has 0 aromatic carbocycles. The number of amides is 1. The second-order valence-corrected chi connectivity index (χ2v) is 5.26. The standard InChI is InChI=1S/C12H22N2OS/c1-14(8-7-11(13)16)12(15)9-10-5-3-2-4-6-10/h10H,2-9H2,1H3,(H2,13,16). The lowest BCUT2D eigenvalue weighted by molar-refractivity contribution is -0.131. The van der Waals surface area contributed by atoms with Crippen molar-refractivity contribution in [1.82, 2.24) is 4.90 Å². The number of hydrogen-bond donors (Lipinski definition) is 1. The largest absolute Gasteiger partial charge is 0.393 e. The summed E-state index contributed by atoms with van der Waals surface area (Å²) in [6.07, 6.45) is 7.67. The van der Waals surface area contributed by atoms with Crippen LogP contribution in [0.5, 0.6) is 0 Å². The zero-order valence-electron chi connectivity index (χ0n) is 10.1. The predicted molar refractivity (Wildman–Crippen MR) is 70.2 cm³/mol. The summed E-state index contributed by atoms with van der Waals surface area (Å²) in [7, 11) is 1.84. The molecule has 92 valence electrons. The second-order valence-electron chi connectivity index (χ2n) is 4.74. The molecular formula is C12H22N2OS. The first kappa shape index (κ1) is 13.4. The molecule has 0 unspecified atom stereocenters. The number of hydrogen-bond acceptors (Lipinski definition) is 2. The maximum absolute atomic E-state index is 11.9. The van der Waals surface area contributed by atoms with Crippen molar-refractivity contribution in [2.45, 2.75) is 44.9 Å². The maximum atomic E-state index is 11.9. The van der Waals surface area contributed by atoms with Crippen molar-refractivity contribution < 1.29 is 4.79 Å². The van der Waals surface area contributed by atoms with E-state index in [1.54, 1.807) is 4.90 Å². The highest BCUT2D eigenvalue weighted by Gasteiger charge is 2.18. The molecule has 0 aromatic heterocycles. The Morgan fingerprint density at radius 3 is 2.56 bits per heavy atom. The van der Waals surface area contributed by atoms with E-state index in [0.29, 0.717) is 30.3 Å². The Morgan fingerprint density at radius 2 is 2.00 bits per heavy atom. The molecule has 0 atom stereocenters. The number of carbonyl (C=O) groups is 1. The Labute approximate surface area is 103 Å². The number of carbonyl (C=O) groups excluding carboxylic acids is 1. The van der Waals surface area contributed by atoms with Gasteiger partial charge in [-0.3, -0.25) is 4.79 Å². The SMILES string of the molecule is CN(CCC(N)=S)C(=O)CC1CCCCC1. The van der Waals surface area contributed by atoms with Gasteiger partial charge in [-0.05, 0) is 18.8 Å². The first-order chi connectivity index (χ1) is 7.59. The van der Waals surface area contributed by atoms with Crippen LogP contribution in [0.3, 0.4) is 0 Å². The topological polar surface area (TPSA) is 46.3 Å². The minimum absolute atomic E-state index is 0.239. The number of rotatable bonds is 5. The van der Waals surface area contributed by atoms with Crippen LogP contribution in [0.2, 0.25) is 0 Å². The summed E-state index contributed by atoms with van der Waals surface area (Å²) in [6, 6.07) is 0. The summed E-state index contributed by atoms with van der Waals surface area (Å²) in [4.78, 5) is 14.1. The third-order valence-electron chi connectivity index (χ3n) is 3.31. The van der Waals surface area contributed by atoms with E-state index in [2.05, 4.69) is 0 Å². The third kappa shape index (κ3) is 4.92. The van der Waals surface area contributed by atoms with Crippen molar-refractivity contribution >= 4 is 23.1 Å². The molecule has 0 heterocycles. The Hall–Kier alpha value is -0.640. The van der Waals surface area contributed by atoms with Gasteiger partial charge in [-0.2, -0.15) is 0 Å².